The lowest BCUT2D eigenvalue weighted by Crippen LogP contribution is -1.81. The molecule has 0 spiro atoms. The topological polar surface area (TPSA) is 0 Å². The monoisotopic (exact) mass is 402 g/mol. The molecule has 0 aliphatic heterocycles. The van der Waals surface area contributed by atoms with E-state index in [0.29, 0.717) is 5.02 Å². The van der Waals surface area contributed by atoms with Gasteiger partial charge < -0.3 is 0 Å². The molecule has 0 nitrogen and oxygen atoms in total. The highest BCUT2D eigenvalue weighted by Gasteiger charge is 2.08. The minimum absolute atomic E-state index is 0.713. The van der Waals surface area contributed by atoms with Crippen molar-refractivity contribution in [2.24, 2.45) is 0 Å². The van der Waals surface area contributed by atoms with Gasteiger partial charge in [0.1, 0.15) is 0 Å². The van der Waals surface area contributed by atoms with Crippen molar-refractivity contribution in [1.82, 2.24) is 0 Å². The van der Waals surface area contributed by atoms with Crippen molar-refractivity contribution in [3.8, 4) is 0 Å². The standard InChI is InChI=1S/C14H6Br2Cl2/c15-11-4-3-8-9(14(11)18)2-1-7-5-13(17)12(16)6-10(7)8/h1-6H. The zero-order valence-corrected chi connectivity index (χ0v) is 13.7. The van der Waals surface area contributed by atoms with Gasteiger partial charge in [0.15, 0.2) is 0 Å². The Morgan fingerprint density at radius 2 is 1.44 bits per heavy atom. The van der Waals surface area contributed by atoms with E-state index >= 15 is 0 Å². The van der Waals surface area contributed by atoms with Crippen molar-refractivity contribution >= 4 is 76.6 Å². The van der Waals surface area contributed by atoms with Crippen molar-refractivity contribution in [2.45, 2.75) is 0 Å². The van der Waals surface area contributed by atoms with Gasteiger partial charge in [0, 0.05) is 14.3 Å². The minimum atomic E-state index is 0.713. The molecule has 0 atom stereocenters. The van der Waals surface area contributed by atoms with E-state index in [1.165, 1.54) is 0 Å². The van der Waals surface area contributed by atoms with Gasteiger partial charge in [0.05, 0.1) is 10.0 Å². The molecule has 0 bridgehead atoms. The number of benzene rings is 3. The van der Waals surface area contributed by atoms with Gasteiger partial charge in [0.2, 0.25) is 0 Å². The zero-order valence-electron chi connectivity index (χ0n) is 8.98. The highest BCUT2D eigenvalue weighted by atomic mass is 79.9. The molecule has 0 aromatic heterocycles. The summed E-state index contributed by atoms with van der Waals surface area (Å²) >= 11 is 19.3. The van der Waals surface area contributed by atoms with Crippen LogP contribution in [-0.4, -0.2) is 0 Å². The highest BCUT2D eigenvalue weighted by molar-refractivity contribution is 9.10. The number of hydrogen-bond acceptors (Lipinski definition) is 0. The summed E-state index contributed by atoms with van der Waals surface area (Å²) in [7, 11) is 0. The van der Waals surface area contributed by atoms with Gasteiger partial charge >= 0.3 is 0 Å². The summed E-state index contributed by atoms with van der Waals surface area (Å²) in [6.45, 7) is 0. The van der Waals surface area contributed by atoms with Crippen molar-refractivity contribution < 1.29 is 0 Å². The molecular formula is C14H6Br2Cl2. The van der Waals surface area contributed by atoms with E-state index in [-0.39, 0.29) is 0 Å². The van der Waals surface area contributed by atoms with Gasteiger partial charge in [-0.25, -0.2) is 0 Å². The first-order chi connectivity index (χ1) is 8.58. The minimum Gasteiger partial charge on any atom is -0.0831 e. The predicted octanol–water partition coefficient (Wildman–Crippen LogP) is 6.82. The molecule has 3 aromatic carbocycles. The number of hydrogen-bond donors (Lipinski definition) is 0. The Hall–Kier alpha value is -0.280. The van der Waals surface area contributed by atoms with Crippen molar-refractivity contribution in [2.75, 3.05) is 0 Å². The van der Waals surface area contributed by atoms with Crippen LogP contribution in [0, 0.1) is 0 Å². The van der Waals surface area contributed by atoms with Gasteiger partial charge in [-0.05, 0) is 66.2 Å². The van der Waals surface area contributed by atoms with E-state index in [1.54, 1.807) is 0 Å². The van der Waals surface area contributed by atoms with Gasteiger partial charge in [-0.3, -0.25) is 0 Å². The van der Waals surface area contributed by atoms with Crippen molar-refractivity contribution in [3.05, 3.63) is 55.4 Å². The summed E-state index contributed by atoms with van der Waals surface area (Å²) in [5.74, 6) is 0. The van der Waals surface area contributed by atoms with E-state index < -0.39 is 0 Å². The van der Waals surface area contributed by atoms with E-state index in [9.17, 15) is 0 Å². The fourth-order valence-corrected chi connectivity index (χ4v) is 3.16. The van der Waals surface area contributed by atoms with Crippen molar-refractivity contribution in [3.63, 3.8) is 0 Å². The smallest absolute Gasteiger partial charge is 0.0626 e. The Morgan fingerprint density at radius 3 is 2.22 bits per heavy atom. The van der Waals surface area contributed by atoms with E-state index in [0.717, 1.165) is 35.5 Å². The quantitative estimate of drug-likeness (QED) is 0.360. The third kappa shape index (κ3) is 1.96. The van der Waals surface area contributed by atoms with Crippen LogP contribution >= 0.6 is 55.1 Å². The molecule has 4 heteroatoms. The lowest BCUT2D eigenvalue weighted by molar-refractivity contribution is 1.70. The maximum atomic E-state index is 6.31. The first kappa shape index (κ1) is 12.7. The zero-order chi connectivity index (χ0) is 12.9. The normalized spacial score (nSPS) is 11.3. The van der Waals surface area contributed by atoms with E-state index in [2.05, 4.69) is 37.9 Å². The average Bonchev–Trinajstić information content (AvgIpc) is 2.35. The molecular weight excluding hydrogens is 399 g/mol. The van der Waals surface area contributed by atoms with Gasteiger partial charge in [-0.15, -0.1) is 0 Å². The Balaban J connectivity index is 2.54. The first-order valence-electron chi connectivity index (χ1n) is 5.23. The van der Waals surface area contributed by atoms with Crippen LogP contribution in [0.4, 0.5) is 0 Å². The summed E-state index contributed by atoms with van der Waals surface area (Å²) in [5, 5.41) is 5.85. The molecule has 0 saturated carbocycles. The second-order valence-electron chi connectivity index (χ2n) is 4.01. The third-order valence-electron chi connectivity index (χ3n) is 2.94. The molecule has 0 amide bonds. The van der Waals surface area contributed by atoms with Crippen molar-refractivity contribution in [1.29, 1.82) is 0 Å². The maximum absolute atomic E-state index is 6.31. The lowest BCUT2D eigenvalue weighted by Gasteiger charge is -2.08. The van der Waals surface area contributed by atoms with Crippen LogP contribution in [0.5, 0.6) is 0 Å². The average molecular weight is 405 g/mol. The highest BCUT2D eigenvalue weighted by Crippen LogP contribution is 2.37. The summed E-state index contributed by atoms with van der Waals surface area (Å²) in [5.41, 5.74) is 0. The molecule has 0 heterocycles. The second-order valence-corrected chi connectivity index (χ2v) is 6.50. The lowest BCUT2D eigenvalue weighted by atomic mass is 10.0. The van der Waals surface area contributed by atoms with Gasteiger partial charge in [-0.1, -0.05) is 41.4 Å². The van der Waals surface area contributed by atoms with Crippen LogP contribution in [0.15, 0.2) is 45.3 Å². The summed E-state index contributed by atoms with van der Waals surface area (Å²) in [4.78, 5) is 0. The summed E-state index contributed by atoms with van der Waals surface area (Å²) < 4.78 is 1.80. The Labute approximate surface area is 131 Å². The van der Waals surface area contributed by atoms with E-state index in [1.807, 2.05) is 30.3 Å². The Kier molecular flexibility index (Phi) is 3.31. The fraction of sp³-hybridized carbons (Fsp3) is 0. The second kappa shape index (κ2) is 4.68. The Bertz CT molecular complexity index is 782. The molecule has 0 fully saturated rings. The van der Waals surface area contributed by atoms with Crippen LogP contribution in [0.25, 0.3) is 21.5 Å². The van der Waals surface area contributed by atoms with Crippen LogP contribution in [-0.2, 0) is 0 Å². The van der Waals surface area contributed by atoms with Crippen LogP contribution in [0.3, 0.4) is 0 Å². The largest absolute Gasteiger partial charge is 0.0831 e. The molecule has 18 heavy (non-hydrogen) atoms. The van der Waals surface area contributed by atoms with Gasteiger partial charge in [-0.2, -0.15) is 0 Å². The molecule has 0 radical (unpaired) electrons. The molecule has 3 rings (SSSR count). The Morgan fingerprint density at radius 1 is 0.722 bits per heavy atom. The molecule has 0 N–H and O–H groups in total. The predicted molar refractivity (Wildman–Crippen MR) is 86.9 cm³/mol. The maximum Gasteiger partial charge on any atom is 0.0626 e. The van der Waals surface area contributed by atoms with Crippen LogP contribution in [0.2, 0.25) is 10.0 Å². The number of fused-ring (bicyclic) bond motifs is 3. The number of rotatable bonds is 0. The van der Waals surface area contributed by atoms with Gasteiger partial charge in [0.25, 0.3) is 0 Å². The first-order valence-corrected chi connectivity index (χ1v) is 7.57. The summed E-state index contributed by atoms with van der Waals surface area (Å²) in [6, 6.07) is 12.1. The molecule has 0 aliphatic carbocycles. The molecule has 3 aromatic rings. The molecule has 0 saturated heterocycles. The molecule has 0 aliphatic rings. The van der Waals surface area contributed by atoms with E-state index in [4.69, 9.17) is 23.2 Å². The number of halogens is 4. The van der Waals surface area contributed by atoms with Crippen LogP contribution < -0.4 is 0 Å². The van der Waals surface area contributed by atoms with Crippen LogP contribution in [0.1, 0.15) is 0 Å². The molecule has 90 valence electrons. The third-order valence-corrected chi connectivity index (χ3v) is 5.44. The summed E-state index contributed by atoms with van der Waals surface area (Å²) in [6.07, 6.45) is 0. The molecule has 0 unspecified atom stereocenters. The SMILES string of the molecule is Clc1cc2ccc3c(Cl)c(Br)ccc3c2cc1Br. The fourth-order valence-electron chi connectivity index (χ4n) is 2.07.